The molecular formula is C7H5F2IN2. The van der Waals surface area contributed by atoms with E-state index in [2.05, 4.69) is 5.10 Å². The Morgan fingerprint density at radius 2 is 1.83 bits per heavy atom. The molecule has 2 N–H and O–H groups in total. The molecule has 64 valence electrons. The maximum Gasteiger partial charge on any atom is 0.136 e. The molecule has 0 heterocycles. The second-order valence-electron chi connectivity index (χ2n) is 2.06. The van der Waals surface area contributed by atoms with Crippen LogP contribution in [0, 0.1) is 15.2 Å². The first-order chi connectivity index (χ1) is 5.65. The van der Waals surface area contributed by atoms with Crippen molar-refractivity contribution >= 4 is 28.8 Å². The number of hydrogen-bond acceptors (Lipinski definition) is 2. The summed E-state index contributed by atoms with van der Waals surface area (Å²) in [6.45, 7) is 0. The number of hydrazone groups is 1. The van der Waals surface area contributed by atoms with Crippen molar-refractivity contribution in [3.8, 4) is 0 Å². The largest absolute Gasteiger partial charge is 0.323 e. The zero-order valence-corrected chi connectivity index (χ0v) is 8.05. The Morgan fingerprint density at radius 1 is 1.33 bits per heavy atom. The molecule has 0 atom stereocenters. The van der Waals surface area contributed by atoms with Crippen LogP contribution in [0.2, 0.25) is 0 Å². The first kappa shape index (κ1) is 9.37. The van der Waals surface area contributed by atoms with Crippen LogP contribution in [-0.2, 0) is 0 Å². The van der Waals surface area contributed by atoms with Gasteiger partial charge in [-0.3, -0.25) is 0 Å². The molecule has 1 aromatic rings. The van der Waals surface area contributed by atoms with Gasteiger partial charge >= 0.3 is 0 Å². The Hall–Kier alpha value is -0.720. The van der Waals surface area contributed by atoms with Gasteiger partial charge in [0.25, 0.3) is 0 Å². The van der Waals surface area contributed by atoms with Crippen molar-refractivity contribution in [1.82, 2.24) is 0 Å². The minimum atomic E-state index is -0.659. The maximum absolute atomic E-state index is 12.9. The Bertz CT molecular complexity index is 302. The van der Waals surface area contributed by atoms with Crippen LogP contribution in [0.5, 0.6) is 0 Å². The van der Waals surface area contributed by atoms with Gasteiger partial charge in [-0.25, -0.2) is 8.78 Å². The molecule has 0 aromatic heterocycles. The fraction of sp³-hybridized carbons (Fsp3) is 0. The second kappa shape index (κ2) is 3.79. The van der Waals surface area contributed by atoms with Crippen molar-refractivity contribution in [2.45, 2.75) is 0 Å². The number of hydrogen-bond donors (Lipinski definition) is 1. The second-order valence-corrected chi connectivity index (χ2v) is 3.31. The van der Waals surface area contributed by atoms with Crippen molar-refractivity contribution in [2.24, 2.45) is 10.9 Å². The molecule has 1 rings (SSSR count). The highest BCUT2D eigenvalue weighted by Crippen LogP contribution is 2.14. The molecule has 0 saturated heterocycles. The first-order valence-corrected chi connectivity index (χ1v) is 4.11. The highest BCUT2D eigenvalue weighted by molar-refractivity contribution is 14.1. The van der Waals surface area contributed by atoms with Crippen molar-refractivity contribution in [3.63, 3.8) is 0 Å². The number of nitrogens with zero attached hydrogens (tertiary/aromatic N) is 1. The van der Waals surface area contributed by atoms with Crippen LogP contribution in [0.1, 0.15) is 5.56 Å². The minimum absolute atomic E-state index is 0.210. The predicted octanol–water partition coefficient (Wildman–Crippen LogP) is 1.86. The summed E-state index contributed by atoms with van der Waals surface area (Å²) in [5.74, 6) is 3.45. The third kappa shape index (κ3) is 1.90. The van der Waals surface area contributed by atoms with E-state index in [9.17, 15) is 8.78 Å². The van der Waals surface area contributed by atoms with Crippen LogP contribution >= 0.6 is 22.6 Å². The monoisotopic (exact) mass is 282 g/mol. The molecule has 0 amide bonds. The average molecular weight is 282 g/mol. The molecule has 0 spiro atoms. The Labute approximate surface area is 81.6 Å². The van der Waals surface area contributed by atoms with E-state index in [1.807, 2.05) is 22.6 Å². The molecule has 5 heteroatoms. The fourth-order valence-electron chi connectivity index (χ4n) is 0.751. The van der Waals surface area contributed by atoms with E-state index in [-0.39, 0.29) is 5.56 Å². The summed E-state index contributed by atoms with van der Waals surface area (Å²) in [6, 6.07) is 2.42. The van der Waals surface area contributed by atoms with Crippen LogP contribution < -0.4 is 5.84 Å². The summed E-state index contributed by atoms with van der Waals surface area (Å²) < 4.78 is 26.3. The normalized spacial score (nSPS) is 10.9. The van der Waals surface area contributed by atoms with Gasteiger partial charge in [0.1, 0.15) is 11.6 Å². The fourth-order valence-corrected chi connectivity index (χ4v) is 1.30. The highest BCUT2D eigenvalue weighted by Gasteiger charge is 2.07. The average Bonchev–Trinajstić information content (AvgIpc) is 1.96. The molecule has 2 nitrogen and oxygen atoms in total. The highest BCUT2D eigenvalue weighted by atomic mass is 127. The molecule has 1 aromatic carbocycles. The Kier molecular flexibility index (Phi) is 2.96. The quantitative estimate of drug-likeness (QED) is 0.363. The number of halogens is 3. The number of rotatable bonds is 1. The van der Waals surface area contributed by atoms with Gasteiger partial charge in [0.05, 0.1) is 11.8 Å². The number of benzene rings is 1. The minimum Gasteiger partial charge on any atom is -0.323 e. The lowest BCUT2D eigenvalue weighted by Crippen LogP contribution is -1.96. The molecule has 0 bridgehead atoms. The van der Waals surface area contributed by atoms with E-state index in [0.717, 1.165) is 6.21 Å². The summed E-state index contributed by atoms with van der Waals surface area (Å²) in [7, 11) is 0. The predicted molar refractivity (Wildman–Crippen MR) is 50.9 cm³/mol. The third-order valence-electron chi connectivity index (χ3n) is 1.25. The van der Waals surface area contributed by atoms with Crippen molar-refractivity contribution < 1.29 is 8.78 Å². The van der Waals surface area contributed by atoms with Crippen LogP contribution in [0.4, 0.5) is 8.78 Å². The summed E-state index contributed by atoms with van der Waals surface area (Å²) >= 11 is 1.82. The lowest BCUT2D eigenvalue weighted by atomic mass is 10.2. The molecule has 0 aliphatic heterocycles. The standard InChI is InChI=1S/C7H5F2IN2/c8-6-1-4(10)2-7(9)5(6)3-12-11/h1-3H,11H2. The van der Waals surface area contributed by atoms with Crippen LogP contribution in [0.3, 0.4) is 0 Å². The van der Waals surface area contributed by atoms with Crippen molar-refractivity contribution in [1.29, 1.82) is 0 Å². The summed E-state index contributed by atoms with van der Waals surface area (Å²) in [5, 5.41) is 3.05. The van der Waals surface area contributed by atoms with Crippen LogP contribution in [0.25, 0.3) is 0 Å². The summed E-state index contributed by atoms with van der Waals surface area (Å²) in [6.07, 6.45) is 0.945. The zero-order valence-electron chi connectivity index (χ0n) is 5.89. The molecular weight excluding hydrogens is 277 g/mol. The Balaban J connectivity index is 3.28. The first-order valence-electron chi connectivity index (χ1n) is 3.03. The van der Waals surface area contributed by atoms with Gasteiger partial charge in [-0.1, -0.05) is 0 Å². The molecule has 12 heavy (non-hydrogen) atoms. The molecule has 0 aliphatic carbocycles. The van der Waals surface area contributed by atoms with Crippen LogP contribution in [0.15, 0.2) is 17.2 Å². The zero-order chi connectivity index (χ0) is 9.14. The van der Waals surface area contributed by atoms with Gasteiger partial charge in [-0.15, -0.1) is 0 Å². The van der Waals surface area contributed by atoms with Gasteiger partial charge in [-0.2, -0.15) is 5.10 Å². The van der Waals surface area contributed by atoms with E-state index < -0.39 is 11.6 Å². The van der Waals surface area contributed by atoms with Gasteiger partial charge in [0.2, 0.25) is 0 Å². The molecule has 0 unspecified atom stereocenters. The summed E-state index contributed by atoms with van der Waals surface area (Å²) in [4.78, 5) is 0. The van der Waals surface area contributed by atoms with E-state index >= 15 is 0 Å². The van der Waals surface area contributed by atoms with E-state index in [0.29, 0.717) is 3.57 Å². The molecule has 0 radical (unpaired) electrons. The summed E-state index contributed by atoms with van der Waals surface area (Å²) in [5.41, 5.74) is -0.210. The lowest BCUT2D eigenvalue weighted by molar-refractivity contribution is 0.578. The molecule has 0 saturated carbocycles. The Morgan fingerprint density at radius 3 is 2.25 bits per heavy atom. The molecule has 0 aliphatic rings. The molecule has 0 fully saturated rings. The topological polar surface area (TPSA) is 38.4 Å². The van der Waals surface area contributed by atoms with Crippen molar-refractivity contribution in [3.05, 3.63) is 32.9 Å². The SMILES string of the molecule is NN=Cc1c(F)cc(I)cc1F. The lowest BCUT2D eigenvalue weighted by Gasteiger charge is -1.98. The number of nitrogens with two attached hydrogens (primary N) is 1. The van der Waals surface area contributed by atoms with E-state index in [1.54, 1.807) is 0 Å². The third-order valence-corrected chi connectivity index (χ3v) is 1.87. The maximum atomic E-state index is 12.9. The van der Waals surface area contributed by atoms with E-state index in [1.165, 1.54) is 12.1 Å². The van der Waals surface area contributed by atoms with Gasteiger partial charge in [0.15, 0.2) is 0 Å². The van der Waals surface area contributed by atoms with Crippen molar-refractivity contribution in [2.75, 3.05) is 0 Å². The smallest absolute Gasteiger partial charge is 0.136 e. The van der Waals surface area contributed by atoms with Gasteiger partial charge < -0.3 is 5.84 Å². The van der Waals surface area contributed by atoms with Crippen LogP contribution in [-0.4, -0.2) is 6.21 Å². The van der Waals surface area contributed by atoms with Gasteiger partial charge in [-0.05, 0) is 34.7 Å². The van der Waals surface area contributed by atoms with E-state index in [4.69, 9.17) is 5.84 Å². The van der Waals surface area contributed by atoms with Gasteiger partial charge in [0, 0.05) is 3.57 Å².